The van der Waals surface area contributed by atoms with Crippen molar-refractivity contribution in [3.8, 4) is 11.7 Å². The number of aromatic nitrogens is 5. The third kappa shape index (κ3) is 3.86. The van der Waals surface area contributed by atoms with Crippen molar-refractivity contribution >= 4 is 28.6 Å². The number of hydrogen-bond donors (Lipinski definition) is 2. The lowest BCUT2D eigenvalue weighted by atomic mass is 10.3. The maximum absolute atomic E-state index is 14.0. The van der Waals surface area contributed by atoms with Crippen LogP contribution in [0.1, 0.15) is 24.6 Å². The number of rotatable bonds is 6. The highest BCUT2D eigenvalue weighted by molar-refractivity contribution is 5.78. The number of fused-ring (bicyclic) bond motifs is 1. The van der Waals surface area contributed by atoms with Crippen LogP contribution in [0.2, 0.25) is 0 Å². The van der Waals surface area contributed by atoms with Gasteiger partial charge in [-0.15, -0.1) is 0 Å². The van der Waals surface area contributed by atoms with Crippen LogP contribution in [0, 0.1) is 11.6 Å². The summed E-state index contributed by atoms with van der Waals surface area (Å²) in [6.45, 7) is -3.15. The first kappa shape index (κ1) is 20.0. The fourth-order valence-electron chi connectivity index (χ4n) is 3.33. The lowest BCUT2D eigenvalue weighted by Crippen LogP contribution is -2.11. The van der Waals surface area contributed by atoms with E-state index >= 15 is 0 Å². The lowest BCUT2D eigenvalue weighted by Gasteiger charge is -2.11. The molecule has 0 radical (unpaired) electrons. The van der Waals surface area contributed by atoms with E-state index in [-0.39, 0.29) is 29.5 Å². The molecule has 164 valence electrons. The molecule has 2 aromatic carbocycles. The Morgan fingerprint density at radius 2 is 1.84 bits per heavy atom. The third-order valence-corrected chi connectivity index (χ3v) is 4.83. The molecule has 0 unspecified atom stereocenters. The Kier molecular flexibility index (Phi) is 4.76. The van der Waals surface area contributed by atoms with Crippen LogP contribution in [0.4, 0.5) is 35.1 Å². The zero-order valence-corrected chi connectivity index (χ0v) is 16.3. The molecule has 1 saturated carbocycles. The molecule has 0 saturated heterocycles. The second-order valence-corrected chi connectivity index (χ2v) is 7.18. The number of benzene rings is 2. The van der Waals surface area contributed by atoms with E-state index in [1.54, 1.807) is 10.6 Å². The molecule has 1 aliphatic rings. The van der Waals surface area contributed by atoms with Crippen LogP contribution in [-0.4, -0.2) is 31.1 Å². The Morgan fingerprint density at radius 1 is 1.03 bits per heavy atom. The fourth-order valence-corrected chi connectivity index (χ4v) is 3.33. The number of nitrogen functional groups attached to an aromatic ring is 1. The number of imidazole rings is 1. The molecule has 2 aromatic heterocycles. The summed E-state index contributed by atoms with van der Waals surface area (Å²) >= 11 is 0. The molecule has 2 heterocycles. The Balaban J connectivity index is 1.53. The van der Waals surface area contributed by atoms with Gasteiger partial charge in [0.25, 0.3) is 0 Å². The molecule has 0 amide bonds. The fraction of sp³-hybridized carbons (Fsp3) is 0.200. The van der Waals surface area contributed by atoms with Gasteiger partial charge < -0.3 is 15.8 Å². The monoisotopic (exact) mass is 445 g/mol. The summed E-state index contributed by atoms with van der Waals surface area (Å²) in [4.78, 5) is 17.1. The molecule has 12 heteroatoms. The molecule has 5 rings (SSSR count). The predicted octanol–water partition coefficient (Wildman–Crippen LogP) is 4.29. The van der Waals surface area contributed by atoms with Crippen LogP contribution < -0.4 is 15.8 Å². The van der Waals surface area contributed by atoms with E-state index in [0.29, 0.717) is 16.9 Å². The summed E-state index contributed by atoms with van der Waals surface area (Å²) < 4.78 is 58.2. The van der Waals surface area contributed by atoms with E-state index in [9.17, 15) is 17.6 Å². The van der Waals surface area contributed by atoms with E-state index in [0.717, 1.165) is 25.0 Å². The van der Waals surface area contributed by atoms with Crippen molar-refractivity contribution in [2.45, 2.75) is 25.4 Å². The Labute approximate surface area is 178 Å². The number of nitrogens with two attached hydrogens (primary N) is 1. The molecule has 0 aliphatic heterocycles. The van der Waals surface area contributed by atoms with Crippen molar-refractivity contribution in [2.75, 3.05) is 11.1 Å². The van der Waals surface area contributed by atoms with E-state index in [1.807, 2.05) is 0 Å². The molecule has 1 fully saturated rings. The topological polar surface area (TPSA) is 104 Å². The van der Waals surface area contributed by atoms with Gasteiger partial charge in [-0.3, -0.25) is 4.57 Å². The highest BCUT2D eigenvalue weighted by Crippen LogP contribution is 2.41. The smallest absolute Gasteiger partial charge is 0.387 e. The minimum absolute atomic E-state index is 0.000126. The summed E-state index contributed by atoms with van der Waals surface area (Å²) in [5.74, 6) is -1.07. The predicted molar refractivity (Wildman–Crippen MR) is 107 cm³/mol. The molecule has 0 bridgehead atoms. The van der Waals surface area contributed by atoms with Gasteiger partial charge in [-0.25, -0.2) is 13.8 Å². The van der Waals surface area contributed by atoms with Crippen LogP contribution in [0.25, 0.3) is 17.0 Å². The highest BCUT2D eigenvalue weighted by Gasteiger charge is 2.31. The standard InChI is InChI=1S/C20H15F4N7O/c21-10-3-5-14-13(7-10)27-16(9-1-2-9)31(14)20-29-18(25)28-19(30-20)26-11-4-6-15(12(22)8-11)32-17(23)24/h3-9,17H,1-2H2,(H3,25,26,28,29,30). The minimum atomic E-state index is -3.15. The highest BCUT2D eigenvalue weighted by atomic mass is 19.3. The molecule has 0 spiro atoms. The number of nitrogens with zero attached hydrogens (tertiary/aromatic N) is 5. The van der Waals surface area contributed by atoms with Crippen molar-refractivity contribution in [1.82, 2.24) is 24.5 Å². The first-order valence-corrected chi connectivity index (χ1v) is 9.58. The average molecular weight is 445 g/mol. The van der Waals surface area contributed by atoms with Gasteiger partial charge in [0, 0.05) is 23.7 Å². The molecular weight excluding hydrogens is 430 g/mol. The maximum Gasteiger partial charge on any atom is 0.387 e. The van der Waals surface area contributed by atoms with Crippen molar-refractivity contribution in [1.29, 1.82) is 0 Å². The second-order valence-electron chi connectivity index (χ2n) is 7.18. The number of nitrogens with one attached hydrogen (secondary N) is 1. The van der Waals surface area contributed by atoms with E-state index in [1.165, 1.54) is 18.2 Å². The van der Waals surface area contributed by atoms with Crippen molar-refractivity contribution in [2.24, 2.45) is 0 Å². The maximum atomic E-state index is 14.0. The molecule has 32 heavy (non-hydrogen) atoms. The zero-order valence-electron chi connectivity index (χ0n) is 16.3. The molecular formula is C20H15F4N7O. The Morgan fingerprint density at radius 3 is 2.56 bits per heavy atom. The molecule has 0 atom stereocenters. The number of halogens is 4. The van der Waals surface area contributed by atoms with Crippen LogP contribution in [0.15, 0.2) is 36.4 Å². The van der Waals surface area contributed by atoms with Crippen molar-refractivity contribution in [3.63, 3.8) is 0 Å². The molecule has 4 aromatic rings. The summed E-state index contributed by atoms with van der Waals surface area (Å²) in [7, 11) is 0. The van der Waals surface area contributed by atoms with Gasteiger partial charge in [-0.1, -0.05) is 0 Å². The number of ether oxygens (including phenoxy) is 1. The van der Waals surface area contributed by atoms with Gasteiger partial charge in [0.1, 0.15) is 11.6 Å². The summed E-state index contributed by atoms with van der Waals surface area (Å²) in [6.07, 6.45) is 1.87. The summed E-state index contributed by atoms with van der Waals surface area (Å²) in [5.41, 5.74) is 7.10. The lowest BCUT2D eigenvalue weighted by molar-refractivity contribution is -0.0521. The van der Waals surface area contributed by atoms with Gasteiger partial charge in [0.05, 0.1) is 11.0 Å². The number of anilines is 3. The van der Waals surface area contributed by atoms with Crippen molar-refractivity contribution in [3.05, 3.63) is 53.9 Å². The number of alkyl halides is 2. The van der Waals surface area contributed by atoms with E-state index < -0.39 is 24.0 Å². The first-order valence-electron chi connectivity index (χ1n) is 9.58. The summed E-state index contributed by atoms with van der Waals surface area (Å²) in [5, 5.41) is 2.77. The zero-order chi connectivity index (χ0) is 22.4. The Hall–Kier alpha value is -3.96. The average Bonchev–Trinajstić information content (AvgIpc) is 3.50. The van der Waals surface area contributed by atoms with Crippen LogP contribution >= 0.6 is 0 Å². The second kappa shape index (κ2) is 7.62. The van der Waals surface area contributed by atoms with E-state index in [2.05, 4.69) is 30.0 Å². The quantitative estimate of drug-likeness (QED) is 0.427. The molecule has 3 N–H and O–H groups in total. The normalized spacial score (nSPS) is 13.7. The minimum Gasteiger partial charge on any atom is -0.432 e. The van der Waals surface area contributed by atoms with Crippen LogP contribution in [0.5, 0.6) is 5.75 Å². The molecule has 8 nitrogen and oxygen atoms in total. The van der Waals surface area contributed by atoms with Crippen LogP contribution in [-0.2, 0) is 0 Å². The van der Waals surface area contributed by atoms with Gasteiger partial charge in [0.2, 0.25) is 17.8 Å². The SMILES string of the molecule is Nc1nc(Nc2ccc(OC(F)F)c(F)c2)nc(-n2c(C3CC3)nc3cc(F)ccc32)n1. The molecule has 1 aliphatic carbocycles. The van der Waals surface area contributed by atoms with Gasteiger partial charge in [0.15, 0.2) is 11.6 Å². The van der Waals surface area contributed by atoms with Gasteiger partial charge >= 0.3 is 6.61 Å². The Bertz CT molecular complexity index is 1320. The van der Waals surface area contributed by atoms with Gasteiger partial charge in [-0.2, -0.15) is 23.7 Å². The van der Waals surface area contributed by atoms with Crippen LogP contribution in [0.3, 0.4) is 0 Å². The van der Waals surface area contributed by atoms with Crippen molar-refractivity contribution < 1.29 is 22.3 Å². The number of hydrogen-bond acceptors (Lipinski definition) is 7. The largest absolute Gasteiger partial charge is 0.432 e. The third-order valence-electron chi connectivity index (χ3n) is 4.83. The first-order chi connectivity index (χ1) is 15.4. The summed E-state index contributed by atoms with van der Waals surface area (Å²) in [6, 6.07) is 7.56. The van der Waals surface area contributed by atoms with E-state index in [4.69, 9.17) is 5.73 Å². The van der Waals surface area contributed by atoms with Gasteiger partial charge in [-0.05, 0) is 37.1 Å².